The Morgan fingerprint density at radius 1 is 1.16 bits per heavy atom. The topological polar surface area (TPSA) is 46.3 Å². The van der Waals surface area contributed by atoms with Crippen molar-refractivity contribution in [1.82, 2.24) is 10.3 Å². The number of hydrogen-bond acceptors (Lipinski definition) is 3. The summed E-state index contributed by atoms with van der Waals surface area (Å²) in [4.78, 5) is 3.23. The first-order valence-electron chi connectivity index (χ1n) is 6.74. The largest absolute Gasteiger partial charge is 0.382 e. The molecule has 0 aliphatic heterocycles. The molecule has 1 heterocycles. The zero-order valence-corrected chi connectivity index (χ0v) is 11.4. The van der Waals surface area contributed by atoms with Gasteiger partial charge in [-0.25, -0.2) is 0 Å². The maximum atomic E-state index is 5.41. The highest BCUT2D eigenvalue weighted by atomic mass is 16.5. The van der Waals surface area contributed by atoms with Gasteiger partial charge in [0.2, 0.25) is 0 Å². The molecule has 1 aromatic heterocycles. The number of aromatic nitrogens is 1. The van der Waals surface area contributed by atoms with E-state index < -0.39 is 0 Å². The van der Waals surface area contributed by atoms with Gasteiger partial charge in [-0.2, -0.15) is 0 Å². The Balaban J connectivity index is 1.64. The lowest BCUT2D eigenvalue weighted by molar-refractivity contribution is 0.0695. The predicted octanol–water partition coefficient (Wildman–Crippen LogP) is 2.31. The van der Waals surface area contributed by atoms with Gasteiger partial charge in [0.1, 0.15) is 0 Å². The molecule has 104 valence electrons. The maximum Gasteiger partial charge on any atom is 0.0700 e. The van der Waals surface area contributed by atoms with E-state index in [2.05, 4.69) is 34.6 Å². The van der Waals surface area contributed by atoms with E-state index >= 15 is 0 Å². The molecule has 0 radical (unpaired) electrons. The number of H-pyrrole nitrogens is 1. The molecule has 0 aliphatic rings. The minimum atomic E-state index is 0.670. The first-order valence-corrected chi connectivity index (χ1v) is 6.74. The molecule has 0 spiro atoms. The molecule has 0 fully saturated rings. The van der Waals surface area contributed by atoms with E-state index in [-0.39, 0.29) is 0 Å². The van der Waals surface area contributed by atoms with Crippen LogP contribution in [0.5, 0.6) is 0 Å². The van der Waals surface area contributed by atoms with Crippen LogP contribution in [0, 0.1) is 0 Å². The van der Waals surface area contributed by atoms with Gasteiger partial charge in [-0.1, -0.05) is 12.1 Å². The maximum absolute atomic E-state index is 5.41. The van der Waals surface area contributed by atoms with Crippen LogP contribution in [-0.2, 0) is 16.0 Å². The summed E-state index contributed by atoms with van der Waals surface area (Å²) < 4.78 is 10.3. The minimum Gasteiger partial charge on any atom is -0.382 e. The number of hydrogen-bond donors (Lipinski definition) is 2. The fourth-order valence-electron chi connectivity index (χ4n) is 2.07. The average Bonchev–Trinajstić information content (AvgIpc) is 2.91. The Morgan fingerprint density at radius 3 is 3.00 bits per heavy atom. The molecule has 0 saturated heterocycles. The monoisotopic (exact) mass is 262 g/mol. The molecule has 0 bridgehead atoms. The van der Waals surface area contributed by atoms with Crippen LogP contribution in [0.25, 0.3) is 10.9 Å². The molecule has 0 aliphatic carbocycles. The molecule has 0 saturated carbocycles. The highest BCUT2D eigenvalue weighted by molar-refractivity contribution is 5.82. The predicted molar refractivity (Wildman–Crippen MR) is 77.3 cm³/mol. The zero-order valence-electron chi connectivity index (χ0n) is 11.4. The summed E-state index contributed by atoms with van der Waals surface area (Å²) in [6.07, 6.45) is 3.00. The number of nitrogens with one attached hydrogen (secondary N) is 2. The SMILES string of the molecule is COCCOCCCNCc1cccc2[nH]ccc12. The Morgan fingerprint density at radius 2 is 2.11 bits per heavy atom. The molecule has 0 amide bonds. The summed E-state index contributed by atoms with van der Waals surface area (Å²) in [6.45, 7) is 3.99. The van der Waals surface area contributed by atoms with E-state index in [1.165, 1.54) is 16.5 Å². The Hall–Kier alpha value is -1.36. The molecule has 0 unspecified atom stereocenters. The van der Waals surface area contributed by atoms with E-state index in [1.807, 2.05) is 6.20 Å². The van der Waals surface area contributed by atoms with Gasteiger partial charge in [0, 0.05) is 37.4 Å². The number of benzene rings is 1. The summed E-state index contributed by atoms with van der Waals surface area (Å²) >= 11 is 0. The van der Waals surface area contributed by atoms with Crippen molar-refractivity contribution < 1.29 is 9.47 Å². The first-order chi connectivity index (χ1) is 9.42. The third kappa shape index (κ3) is 4.35. The smallest absolute Gasteiger partial charge is 0.0700 e. The lowest BCUT2D eigenvalue weighted by Gasteiger charge is -2.07. The molecule has 0 atom stereocenters. The van der Waals surface area contributed by atoms with Gasteiger partial charge in [-0.05, 0) is 30.7 Å². The van der Waals surface area contributed by atoms with Crippen LogP contribution in [0.15, 0.2) is 30.5 Å². The minimum absolute atomic E-state index is 0.670. The van der Waals surface area contributed by atoms with Crippen molar-refractivity contribution >= 4 is 10.9 Å². The Labute approximate surface area is 114 Å². The van der Waals surface area contributed by atoms with Crippen molar-refractivity contribution in [2.24, 2.45) is 0 Å². The van der Waals surface area contributed by atoms with E-state index in [0.717, 1.165) is 26.1 Å². The molecule has 2 aromatic rings. The van der Waals surface area contributed by atoms with Crippen molar-refractivity contribution in [1.29, 1.82) is 0 Å². The van der Waals surface area contributed by atoms with Gasteiger partial charge in [-0.15, -0.1) is 0 Å². The van der Waals surface area contributed by atoms with Crippen LogP contribution in [0.3, 0.4) is 0 Å². The zero-order chi connectivity index (χ0) is 13.3. The van der Waals surface area contributed by atoms with Crippen molar-refractivity contribution in [2.45, 2.75) is 13.0 Å². The van der Waals surface area contributed by atoms with Crippen molar-refractivity contribution in [3.63, 3.8) is 0 Å². The van der Waals surface area contributed by atoms with Gasteiger partial charge in [0.15, 0.2) is 0 Å². The Kier molecular flexibility index (Phi) is 5.88. The van der Waals surface area contributed by atoms with E-state index in [1.54, 1.807) is 7.11 Å². The number of aromatic amines is 1. The molecule has 4 nitrogen and oxygen atoms in total. The van der Waals surface area contributed by atoms with Crippen LogP contribution >= 0.6 is 0 Å². The number of ether oxygens (including phenoxy) is 2. The van der Waals surface area contributed by atoms with E-state index in [9.17, 15) is 0 Å². The van der Waals surface area contributed by atoms with E-state index in [0.29, 0.717) is 13.2 Å². The van der Waals surface area contributed by atoms with Crippen LogP contribution in [0.2, 0.25) is 0 Å². The third-order valence-corrected chi connectivity index (χ3v) is 3.07. The molecule has 19 heavy (non-hydrogen) atoms. The number of rotatable bonds is 9. The summed E-state index contributed by atoms with van der Waals surface area (Å²) in [6, 6.07) is 8.48. The van der Waals surface area contributed by atoms with Gasteiger partial charge >= 0.3 is 0 Å². The fraction of sp³-hybridized carbons (Fsp3) is 0.467. The van der Waals surface area contributed by atoms with Gasteiger partial charge in [0.25, 0.3) is 0 Å². The Bertz CT molecular complexity index is 482. The second-order valence-electron chi connectivity index (χ2n) is 4.49. The fourth-order valence-corrected chi connectivity index (χ4v) is 2.07. The average molecular weight is 262 g/mol. The van der Waals surface area contributed by atoms with Crippen molar-refractivity contribution in [3.8, 4) is 0 Å². The highest BCUT2D eigenvalue weighted by Crippen LogP contribution is 2.16. The van der Waals surface area contributed by atoms with Crippen molar-refractivity contribution in [2.75, 3.05) is 33.5 Å². The standard InChI is InChI=1S/C15H22N2O2/c1-18-10-11-19-9-3-7-16-12-13-4-2-5-15-14(13)6-8-17-15/h2,4-6,8,16-17H,3,7,9-12H2,1H3. The van der Waals surface area contributed by atoms with Crippen LogP contribution < -0.4 is 5.32 Å². The van der Waals surface area contributed by atoms with Crippen LogP contribution in [0.1, 0.15) is 12.0 Å². The summed E-state index contributed by atoms with van der Waals surface area (Å²) in [5.74, 6) is 0. The molecular weight excluding hydrogens is 240 g/mol. The van der Waals surface area contributed by atoms with Gasteiger partial charge < -0.3 is 19.8 Å². The second-order valence-corrected chi connectivity index (χ2v) is 4.49. The van der Waals surface area contributed by atoms with Gasteiger partial charge in [-0.3, -0.25) is 0 Å². The van der Waals surface area contributed by atoms with Gasteiger partial charge in [0.05, 0.1) is 13.2 Å². The highest BCUT2D eigenvalue weighted by Gasteiger charge is 2.00. The molecule has 4 heteroatoms. The molecule has 2 N–H and O–H groups in total. The molecular formula is C15H22N2O2. The number of methoxy groups -OCH3 is 1. The molecule has 1 aromatic carbocycles. The lowest BCUT2D eigenvalue weighted by atomic mass is 10.1. The van der Waals surface area contributed by atoms with E-state index in [4.69, 9.17) is 9.47 Å². The van der Waals surface area contributed by atoms with Crippen LogP contribution in [0.4, 0.5) is 0 Å². The first kappa shape index (κ1) is 14.1. The number of fused-ring (bicyclic) bond motifs is 1. The second kappa shape index (κ2) is 7.94. The third-order valence-electron chi connectivity index (χ3n) is 3.07. The summed E-state index contributed by atoms with van der Waals surface area (Å²) in [5.41, 5.74) is 2.53. The van der Waals surface area contributed by atoms with Crippen molar-refractivity contribution in [3.05, 3.63) is 36.0 Å². The normalized spacial score (nSPS) is 11.2. The molecule has 2 rings (SSSR count). The van der Waals surface area contributed by atoms with Crippen LogP contribution in [-0.4, -0.2) is 38.5 Å². The quantitative estimate of drug-likeness (QED) is 0.682. The lowest BCUT2D eigenvalue weighted by Crippen LogP contribution is -2.17. The summed E-state index contributed by atoms with van der Waals surface area (Å²) in [7, 11) is 1.69. The summed E-state index contributed by atoms with van der Waals surface area (Å²) in [5, 5.41) is 4.75.